The lowest BCUT2D eigenvalue weighted by Crippen LogP contribution is -2.21. The van der Waals surface area contributed by atoms with Gasteiger partial charge in [-0.3, -0.25) is 4.79 Å². The second-order valence-corrected chi connectivity index (χ2v) is 5.02. The van der Waals surface area contributed by atoms with E-state index >= 15 is 0 Å². The number of hydrogen-bond donors (Lipinski definition) is 1. The summed E-state index contributed by atoms with van der Waals surface area (Å²) in [6.07, 6.45) is -4.56. The lowest BCUT2D eigenvalue weighted by Gasteiger charge is -2.10. The molecule has 2 aromatic carbocycles. The zero-order valence-electron chi connectivity index (χ0n) is 12.7. The normalized spacial score (nSPS) is 11.0. The number of benzene rings is 2. The van der Waals surface area contributed by atoms with Crippen LogP contribution < -0.4 is 5.32 Å². The Morgan fingerprint density at radius 2 is 1.79 bits per heavy atom. The van der Waals surface area contributed by atoms with Crippen LogP contribution in [0, 0.1) is 6.92 Å². The topological polar surface area (TPSA) is 55.4 Å². The Bertz CT molecular complexity index is 757. The number of esters is 1. The summed E-state index contributed by atoms with van der Waals surface area (Å²) >= 11 is 0. The minimum Gasteiger partial charge on any atom is -0.452 e. The molecule has 2 rings (SSSR count). The van der Waals surface area contributed by atoms with Crippen molar-refractivity contribution in [3.8, 4) is 0 Å². The lowest BCUT2D eigenvalue weighted by atomic mass is 10.1. The summed E-state index contributed by atoms with van der Waals surface area (Å²) in [5.74, 6) is -1.58. The number of alkyl halides is 3. The van der Waals surface area contributed by atoms with Gasteiger partial charge in [-0.1, -0.05) is 24.3 Å². The molecule has 4 nitrogen and oxygen atoms in total. The van der Waals surface area contributed by atoms with Crippen LogP contribution >= 0.6 is 0 Å². The maximum atomic E-state index is 12.6. The Balaban J connectivity index is 1.96. The van der Waals surface area contributed by atoms with Crippen molar-refractivity contribution in [1.82, 2.24) is 0 Å². The third-order valence-electron chi connectivity index (χ3n) is 3.18. The van der Waals surface area contributed by atoms with E-state index in [-0.39, 0.29) is 5.56 Å². The summed E-state index contributed by atoms with van der Waals surface area (Å²) in [6.45, 7) is 1.20. The Morgan fingerprint density at radius 3 is 2.46 bits per heavy atom. The molecule has 0 saturated heterocycles. The first-order valence-electron chi connectivity index (χ1n) is 6.97. The second kappa shape index (κ2) is 7.16. The van der Waals surface area contributed by atoms with Gasteiger partial charge >= 0.3 is 12.1 Å². The molecular formula is C17H14F3NO3. The number of nitrogens with one attached hydrogen (secondary N) is 1. The first-order valence-corrected chi connectivity index (χ1v) is 6.97. The summed E-state index contributed by atoms with van der Waals surface area (Å²) in [5, 5.41) is 2.56. The van der Waals surface area contributed by atoms with Crippen molar-refractivity contribution in [2.75, 3.05) is 11.9 Å². The van der Waals surface area contributed by atoms with Crippen molar-refractivity contribution in [3.63, 3.8) is 0 Å². The van der Waals surface area contributed by atoms with Gasteiger partial charge in [0.1, 0.15) is 0 Å². The number of rotatable bonds is 4. The quantitative estimate of drug-likeness (QED) is 0.863. The Kier molecular flexibility index (Phi) is 5.23. The van der Waals surface area contributed by atoms with E-state index in [1.807, 2.05) is 0 Å². The van der Waals surface area contributed by atoms with Gasteiger partial charge in [0.05, 0.1) is 11.1 Å². The number of anilines is 1. The van der Waals surface area contributed by atoms with Crippen molar-refractivity contribution >= 4 is 17.6 Å². The Morgan fingerprint density at radius 1 is 1.08 bits per heavy atom. The molecule has 2 aromatic rings. The van der Waals surface area contributed by atoms with Gasteiger partial charge in [-0.25, -0.2) is 4.79 Å². The SMILES string of the molecule is Cc1ccccc1NC(=O)COC(=O)c1cccc(C(F)(F)F)c1. The lowest BCUT2D eigenvalue weighted by molar-refractivity contribution is -0.137. The fourth-order valence-electron chi connectivity index (χ4n) is 1.94. The van der Waals surface area contributed by atoms with Crippen LogP contribution in [0.25, 0.3) is 0 Å². The van der Waals surface area contributed by atoms with E-state index in [0.717, 1.165) is 17.7 Å². The number of amides is 1. The minimum absolute atomic E-state index is 0.270. The van der Waals surface area contributed by atoms with Crippen LogP contribution in [0.5, 0.6) is 0 Å². The van der Waals surface area contributed by atoms with E-state index in [1.165, 1.54) is 6.07 Å². The highest BCUT2D eigenvalue weighted by Gasteiger charge is 2.31. The molecule has 0 fully saturated rings. The van der Waals surface area contributed by atoms with Crippen molar-refractivity contribution in [2.24, 2.45) is 0 Å². The molecule has 0 aliphatic rings. The minimum atomic E-state index is -4.56. The number of aryl methyl sites for hydroxylation is 1. The fourth-order valence-corrected chi connectivity index (χ4v) is 1.94. The smallest absolute Gasteiger partial charge is 0.416 e. The van der Waals surface area contributed by atoms with Gasteiger partial charge < -0.3 is 10.1 Å². The molecule has 7 heteroatoms. The predicted molar refractivity (Wildman–Crippen MR) is 81.5 cm³/mol. The molecule has 0 heterocycles. The average Bonchev–Trinajstić information content (AvgIpc) is 2.54. The van der Waals surface area contributed by atoms with Gasteiger partial charge in [0, 0.05) is 5.69 Å². The summed E-state index contributed by atoms with van der Waals surface area (Å²) in [5.41, 5.74) is 0.169. The maximum Gasteiger partial charge on any atom is 0.416 e. The molecule has 0 radical (unpaired) electrons. The van der Waals surface area contributed by atoms with Gasteiger partial charge in [-0.15, -0.1) is 0 Å². The highest BCUT2D eigenvalue weighted by atomic mass is 19.4. The molecule has 126 valence electrons. The van der Waals surface area contributed by atoms with Crippen molar-refractivity contribution < 1.29 is 27.5 Å². The number of halogens is 3. The van der Waals surface area contributed by atoms with E-state index in [9.17, 15) is 22.8 Å². The summed E-state index contributed by atoms with van der Waals surface area (Å²) in [4.78, 5) is 23.5. The van der Waals surface area contributed by atoms with E-state index in [4.69, 9.17) is 4.74 Å². The van der Waals surface area contributed by atoms with Crippen LogP contribution in [0.1, 0.15) is 21.5 Å². The maximum absolute atomic E-state index is 12.6. The molecule has 0 aliphatic heterocycles. The van der Waals surface area contributed by atoms with Crippen LogP contribution in [0.2, 0.25) is 0 Å². The summed E-state index contributed by atoms with van der Waals surface area (Å²) < 4.78 is 42.6. The molecule has 1 amide bonds. The van der Waals surface area contributed by atoms with Crippen LogP contribution in [0.15, 0.2) is 48.5 Å². The van der Waals surface area contributed by atoms with Crippen molar-refractivity contribution in [1.29, 1.82) is 0 Å². The number of carbonyl (C=O) groups is 2. The highest BCUT2D eigenvalue weighted by Crippen LogP contribution is 2.29. The predicted octanol–water partition coefficient (Wildman–Crippen LogP) is 3.81. The monoisotopic (exact) mass is 337 g/mol. The second-order valence-electron chi connectivity index (χ2n) is 5.02. The molecule has 24 heavy (non-hydrogen) atoms. The molecule has 0 aromatic heterocycles. The Labute approximate surface area is 136 Å². The molecule has 0 spiro atoms. The molecule has 0 bridgehead atoms. The first-order chi connectivity index (χ1) is 11.3. The molecule has 0 unspecified atom stereocenters. The molecule has 0 aliphatic carbocycles. The largest absolute Gasteiger partial charge is 0.452 e. The molecule has 0 saturated carbocycles. The van der Waals surface area contributed by atoms with Crippen LogP contribution in [-0.4, -0.2) is 18.5 Å². The van der Waals surface area contributed by atoms with Gasteiger partial charge in [0.2, 0.25) is 0 Å². The molecular weight excluding hydrogens is 323 g/mol. The van der Waals surface area contributed by atoms with Crippen molar-refractivity contribution in [3.05, 3.63) is 65.2 Å². The zero-order valence-corrected chi connectivity index (χ0v) is 12.7. The van der Waals surface area contributed by atoms with E-state index in [1.54, 1.807) is 31.2 Å². The van der Waals surface area contributed by atoms with Gasteiger partial charge in [0.15, 0.2) is 6.61 Å². The van der Waals surface area contributed by atoms with Crippen LogP contribution in [0.4, 0.5) is 18.9 Å². The fraction of sp³-hybridized carbons (Fsp3) is 0.176. The summed E-state index contributed by atoms with van der Waals surface area (Å²) in [6, 6.07) is 10.8. The van der Waals surface area contributed by atoms with Crippen LogP contribution in [-0.2, 0) is 15.7 Å². The number of ether oxygens (including phenoxy) is 1. The average molecular weight is 337 g/mol. The molecule has 0 atom stereocenters. The number of hydrogen-bond acceptors (Lipinski definition) is 3. The zero-order chi connectivity index (χ0) is 17.7. The third-order valence-corrected chi connectivity index (χ3v) is 3.18. The third kappa shape index (κ3) is 4.58. The van der Waals surface area contributed by atoms with E-state index in [0.29, 0.717) is 11.8 Å². The van der Waals surface area contributed by atoms with Gasteiger partial charge in [-0.2, -0.15) is 13.2 Å². The van der Waals surface area contributed by atoms with Crippen LogP contribution in [0.3, 0.4) is 0 Å². The van der Waals surface area contributed by atoms with E-state index in [2.05, 4.69) is 5.32 Å². The Hall–Kier alpha value is -2.83. The van der Waals surface area contributed by atoms with E-state index < -0.39 is 30.2 Å². The number of carbonyl (C=O) groups excluding carboxylic acids is 2. The van der Waals surface area contributed by atoms with Gasteiger partial charge in [-0.05, 0) is 36.8 Å². The highest BCUT2D eigenvalue weighted by molar-refractivity contribution is 5.95. The van der Waals surface area contributed by atoms with Crippen molar-refractivity contribution in [2.45, 2.75) is 13.1 Å². The standard InChI is InChI=1S/C17H14F3NO3/c1-11-5-2-3-8-14(11)21-15(22)10-24-16(23)12-6-4-7-13(9-12)17(18,19)20/h2-9H,10H2,1H3,(H,21,22). The van der Waals surface area contributed by atoms with Gasteiger partial charge in [0.25, 0.3) is 5.91 Å². The summed E-state index contributed by atoms with van der Waals surface area (Å²) in [7, 11) is 0. The number of para-hydroxylation sites is 1. The molecule has 1 N–H and O–H groups in total. The first kappa shape index (κ1) is 17.5.